The summed E-state index contributed by atoms with van der Waals surface area (Å²) < 4.78 is 12.6. The van der Waals surface area contributed by atoms with Crippen LogP contribution in [0.2, 0.25) is 0 Å². The van der Waals surface area contributed by atoms with E-state index in [1.54, 1.807) is 0 Å². The molecule has 0 aromatic rings. The number of rotatable bonds is 4. The van der Waals surface area contributed by atoms with Gasteiger partial charge in [0.05, 0.1) is 0 Å². The normalized spacial score (nSPS) is 27.7. The van der Waals surface area contributed by atoms with Crippen LogP contribution in [0.5, 0.6) is 0 Å². The highest BCUT2D eigenvalue weighted by molar-refractivity contribution is 7.26. The van der Waals surface area contributed by atoms with Gasteiger partial charge in [0.25, 0.3) is 0 Å². The first kappa shape index (κ1) is 28.2. The zero-order valence-corrected chi connectivity index (χ0v) is 24.9. The molecule has 2 rings (SSSR count). The van der Waals surface area contributed by atoms with E-state index in [1.807, 2.05) is 0 Å². The molecule has 0 aromatic heterocycles. The van der Waals surface area contributed by atoms with Crippen LogP contribution in [0.3, 0.4) is 0 Å². The molecular weight excluding hydrogens is 423 g/mol. The maximum absolute atomic E-state index is 6.29. The molecule has 0 saturated carbocycles. The van der Waals surface area contributed by atoms with E-state index in [0.29, 0.717) is 9.03 Å². The van der Waals surface area contributed by atoms with E-state index in [-0.39, 0.29) is 32.5 Å². The quantitative estimate of drug-likeness (QED) is 0.378. The standard InChI is InChI=1S/C30H50O2P/c1-25(2,3)21-19-29(13,27(7,8)9)17-15-23(21)31-33-32-24-16-18-30(14,28(10,11)12)20-22(24)26(4,5)6/h15-18H,19-20H2,1-14H3. The van der Waals surface area contributed by atoms with Crippen molar-refractivity contribution in [3.8, 4) is 0 Å². The predicted molar refractivity (Wildman–Crippen MR) is 145 cm³/mol. The van der Waals surface area contributed by atoms with Crippen molar-refractivity contribution in [1.29, 1.82) is 0 Å². The molecule has 3 heteroatoms. The largest absolute Gasteiger partial charge is 0.431 e. The molecule has 0 bridgehead atoms. The molecule has 0 N–H and O–H groups in total. The van der Waals surface area contributed by atoms with Gasteiger partial charge in [-0.25, -0.2) is 0 Å². The Hall–Kier alpha value is -1.01. The molecule has 0 heterocycles. The van der Waals surface area contributed by atoms with Crippen molar-refractivity contribution in [1.82, 2.24) is 0 Å². The zero-order valence-electron chi connectivity index (χ0n) is 24.0. The van der Waals surface area contributed by atoms with Crippen molar-refractivity contribution >= 4 is 9.03 Å². The average Bonchev–Trinajstić information content (AvgIpc) is 2.60. The molecule has 0 aliphatic heterocycles. The lowest BCUT2D eigenvalue weighted by Gasteiger charge is -2.45. The smallest absolute Gasteiger partial charge is 0.405 e. The number of allylic oxidation sites excluding steroid dienone is 6. The van der Waals surface area contributed by atoms with E-state index in [1.165, 1.54) is 11.1 Å². The van der Waals surface area contributed by atoms with Gasteiger partial charge in [-0.15, -0.1) is 0 Å². The van der Waals surface area contributed by atoms with Crippen LogP contribution in [0.25, 0.3) is 0 Å². The van der Waals surface area contributed by atoms with E-state index >= 15 is 0 Å². The summed E-state index contributed by atoms with van der Waals surface area (Å²) in [5, 5.41) is 0. The van der Waals surface area contributed by atoms with Crippen LogP contribution in [0, 0.1) is 32.5 Å². The average molecular weight is 474 g/mol. The van der Waals surface area contributed by atoms with Crippen molar-refractivity contribution in [2.45, 2.75) is 110 Å². The fourth-order valence-corrected chi connectivity index (χ4v) is 4.86. The Bertz CT molecular complexity index is 787. The molecule has 2 nitrogen and oxygen atoms in total. The van der Waals surface area contributed by atoms with E-state index < -0.39 is 0 Å². The number of hydrogen-bond donors (Lipinski definition) is 0. The summed E-state index contributed by atoms with van der Waals surface area (Å²) in [5.74, 6) is 1.92. The molecule has 2 aliphatic carbocycles. The SMILES string of the molecule is CC(C)(C)C1=C(O[P]OC2=C(C(C)(C)C)CC(C)(C(C)(C)C)C=C2)C=CC(C)(C(C)(C)C)C1. The van der Waals surface area contributed by atoms with Crippen LogP contribution in [-0.2, 0) is 9.05 Å². The van der Waals surface area contributed by atoms with Gasteiger partial charge in [-0.05, 0) is 68.6 Å². The van der Waals surface area contributed by atoms with Crippen molar-refractivity contribution in [2.75, 3.05) is 0 Å². The highest BCUT2D eigenvalue weighted by Gasteiger charge is 2.42. The van der Waals surface area contributed by atoms with Gasteiger partial charge in [-0.3, -0.25) is 0 Å². The van der Waals surface area contributed by atoms with Crippen LogP contribution in [0.4, 0.5) is 0 Å². The van der Waals surface area contributed by atoms with Gasteiger partial charge in [0.1, 0.15) is 11.5 Å². The lowest BCUT2D eigenvalue weighted by molar-refractivity contribution is 0.151. The lowest BCUT2D eigenvalue weighted by atomic mass is 9.60. The summed E-state index contributed by atoms with van der Waals surface area (Å²) in [6.45, 7) is 32.4. The Morgan fingerprint density at radius 1 is 0.606 bits per heavy atom. The fraction of sp³-hybridized carbons (Fsp3) is 0.733. The van der Waals surface area contributed by atoms with E-state index in [4.69, 9.17) is 9.05 Å². The molecule has 2 unspecified atom stereocenters. The van der Waals surface area contributed by atoms with E-state index in [9.17, 15) is 0 Å². The Balaban J connectivity index is 2.27. The van der Waals surface area contributed by atoms with Gasteiger partial charge in [-0.2, -0.15) is 0 Å². The molecule has 2 aliphatic rings. The highest BCUT2D eigenvalue weighted by Crippen LogP contribution is 2.53. The molecule has 187 valence electrons. The monoisotopic (exact) mass is 473 g/mol. The molecule has 1 radical (unpaired) electrons. The molecular formula is C30H50O2P. The summed E-state index contributed by atoms with van der Waals surface area (Å²) in [4.78, 5) is 0. The van der Waals surface area contributed by atoms with Crippen LogP contribution in [0.1, 0.15) is 110 Å². The minimum absolute atomic E-state index is 0.0389. The minimum atomic E-state index is 0.0389. The van der Waals surface area contributed by atoms with Crippen LogP contribution < -0.4 is 0 Å². The van der Waals surface area contributed by atoms with Crippen molar-refractivity contribution in [2.24, 2.45) is 32.5 Å². The summed E-state index contributed by atoms with van der Waals surface area (Å²) in [5.41, 5.74) is 3.37. The second-order valence-corrected chi connectivity index (χ2v) is 15.3. The zero-order chi connectivity index (χ0) is 25.7. The summed E-state index contributed by atoms with van der Waals surface area (Å²) >= 11 is 0. The first-order valence-corrected chi connectivity index (χ1v) is 13.2. The van der Waals surface area contributed by atoms with Gasteiger partial charge >= 0.3 is 9.03 Å². The molecule has 0 fully saturated rings. The van der Waals surface area contributed by atoms with Crippen molar-refractivity contribution in [3.63, 3.8) is 0 Å². The molecule has 33 heavy (non-hydrogen) atoms. The van der Waals surface area contributed by atoms with Crippen molar-refractivity contribution < 1.29 is 9.05 Å². The summed E-state index contributed by atoms with van der Waals surface area (Å²) in [7, 11) is 0.523. The third kappa shape index (κ3) is 6.17. The van der Waals surface area contributed by atoms with Gasteiger partial charge < -0.3 is 9.05 Å². The minimum Gasteiger partial charge on any atom is -0.431 e. The van der Waals surface area contributed by atoms with Gasteiger partial charge in [0.15, 0.2) is 0 Å². The third-order valence-electron chi connectivity index (χ3n) is 8.40. The van der Waals surface area contributed by atoms with Crippen molar-refractivity contribution in [3.05, 3.63) is 47.0 Å². The molecule has 0 spiro atoms. The molecule has 0 saturated heterocycles. The Kier molecular flexibility index (Phi) is 7.61. The Morgan fingerprint density at radius 2 is 0.909 bits per heavy atom. The number of hydrogen-bond acceptors (Lipinski definition) is 2. The van der Waals surface area contributed by atoms with Gasteiger partial charge in [-0.1, -0.05) is 109 Å². The maximum atomic E-state index is 6.29. The predicted octanol–water partition coefficient (Wildman–Crippen LogP) is 10.4. The highest BCUT2D eigenvalue weighted by atomic mass is 31.1. The van der Waals surface area contributed by atoms with E-state index in [2.05, 4.69) is 121 Å². The Morgan fingerprint density at radius 3 is 1.15 bits per heavy atom. The molecule has 0 aromatic carbocycles. The molecule has 0 amide bonds. The Labute approximate surface area is 207 Å². The lowest BCUT2D eigenvalue weighted by Crippen LogP contribution is -2.35. The topological polar surface area (TPSA) is 18.5 Å². The fourth-order valence-electron chi connectivity index (χ4n) is 4.32. The van der Waals surface area contributed by atoms with Gasteiger partial charge in [0, 0.05) is 0 Å². The van der Waals surface area contributed by atoms with Crippen LogP contribution in [-0.4, -0.2) is 0 Å². The second kappa shape index (κ2) is 8.89. The third-order valence-corrected chi connectivity index (χ3v) is 8.94. The van der Waals surface area contributed by atoms with Crippen LogP contribution >= 0.6 is 9.03 Å². The van der Waals surface area contributed by atoms with Gasteiger partial charge in [0.2, 0.25) is 0 Å². The second-order valence-electron chi connectivity index (χ2n) is 14.8. The first-order chi connectivity index (χ1) is 14.6. The first-order valence-electron chi connectivity index (χ1n) is 12.5. The maximum Gasteiger partial charge on any atom is 0.405 e. The van der Waals surface area contributed by atoms with E-state index in [0.717, 1.165) is 24.4 Å². The summed E-state index contributed by atoms with van der Waals surface area (Å²) in [6.07, 6.45) is 11.0. The molecule has 2 atom stereocenters. The summed E-state index contributed by atoms with van der Waals surface area (Å²) in [6, 6.07) is 0. The van der Waals surface area contributed by atoms with Crippen LogP contribution in [0.15, 0.2) is 47.0 Å².